The standard InChI is InChI=1S/C17H27IN2/c1-3-20(4-2)17(11-5-6-12-17)16(19)13-14-7-9-15(18)10-8-14/h7-10,16H,3-6,11-13,19H2,1-2H3. The fourth-order valence-electron chi connectivity index (χ4n) is 3.83. The molecule has 0 saturated heterocycles. The first-order valence-electron chi connectivity index (χ1n) is 7.87. The SMILES string of the molecule is CCN(CC)C1(C(N)Cc2ccc(I)cc2)CCCC1. The van der Waals surface area contributed by atoms with E-state index in [1.807, 2.05) is 0 Å². The Balaban J connectivity index is 2.14. The first kappa shape index (κ1) is 16.2. The van der Waals surface area contributed by atoms with Crippen LogP contribution in [-0.4, -0.2) is 29.6 Å². The smallest absolute Gasteiger partial charge is 0.0363 e. The molecule has 0 spiro atoms. The van der Waals surface area contributed by atoms with Crippen molar-refractivity contribution in [2.45, 2.75) is 57.5 Å². The summed E-state index contributed by atoms with van der Waals surface area (Å²) in [6, 6.07) is 9.06. The quantitative estimate of drug-likeness (QED) is 0.754. The molecule has 0 bridgehead atoms. The van der Waals surface area contributed by atoms with E-state index in [2.05, 4.69) is 65.6 Å². The molecule has 1 atom stereocenters. The maximum absolute atomic E-state index is 6.69. The van der Waals surface area contributed by atoms with Crippen LogP contribution in [-0.2, 0) is 6.42 Å². The molecule has 0 aliphatic heterocycles. The Hall–Kier alpha value is -0.130. The van der Waals surface area contributed by atoms with E-state index in [1.165, 1.54) is 34.8 Å². The van der Waals surface area contributed by atoms with E-state index in [-0.39, 0.29) is 11.6 Å². The minimum atomic E-state index is 0.229. The molecule has 0 heterocycles. The summed E-state index contributed by atoms with van der Waals surface area (Å²) in [6.07, 6.45) is 6.18. The van der Waals surface area contributed by atoms with Gasteiger partial charge in [0.1, 0.15) is 0 Å². The molecule has 2 rings (SSSR count). The number of nitrogens with two attached hydrogens (primary N) is 1. The zero-order chi connectivity index (χ0) is 14.6. The number of nitrogens with zero attached hydrogens (tertiary/aromatic N) is 1. The first-order valence-corrected chi connectivity index (χ1v) is 8.95. The van der Waals surface area contributed by atoms with Gasteiger partial charge in [0.2, 0.25) is 0 Å². The average molecular weight is 386 g/mol. The van der Waals surface area contributed by atoms with Gasteiger partial charge in [-0.3, -0.25) is 4.90 Å². The van der Waals surface area contributed by atoms with Crippen LogP contribution in [0.3, 0.4) is 0 Å². The zero-order valence-corrected chi connectivity index (χ0v) is 14.9. The van der Waals surface area contributed by atoms with Gasteiger partial charge in [-0.25, -0.2) is 0 Å². The number of rotatable bonds is 6. The van der Waals surface area contributed by atoms with Crippen LogP contribution in [0, 0.1) is 3.57 Å². The van der Waals surface area contributed by atoms with E-state index >= 15 is 0 Å². The normalized spacial score (nSPS) is 19.4. The summed E-state index contributed by atoms with van der Waals surface area (Å²) in [5.41, 5.74) is 8.29. The molecular weight excluding hydrogens is 359 g/mol. The van der Waals surface area contributed by atoms with Gasteiger partial charge in [0.05, 0.1) is 0 Å². The molecule has 0 radical (unpaired) electrons. The minimum absolute atomic E-state index is 0.229. The van der Waals surface area contributed by atoms with E-state index in [4.69, 9.17) is 5.73 Å². The molecule has 1 saturated carbocycles. The van der Waals surface area contributed by atoms with Crippen LogP contribution >= 0.6 is 22.6 Å². The van der Waals surface area contributed by atoms with Crippen molar-refractivity contribution in [1.82, 2.24) is 4.90 Å². The molecule has 1 aliphatic carbocycles. The lowest BCUT2D eigenvalue weighted by Gasteiger charge is -2.45. The predicted molar refractivity (Wildman–Crippen MR) is 95.0 cm³/mol. The lowest BCUT2D eigenvalue weighted by Crippen LogP contribution is -2.59. The molecule has 0 amide bonds. The molecule has 112 valence electrons. The summed E-state index contributed by atoms with van der Waals surface area (Å²) in [5.74, 6) is 0. The predicted octanol–water partition coefficient (Wildman–Crippen LogP) is 3.82. The summed E-state index contributed by atoms with van der Waals surface area (Å²) in [7, 11) is 0. The second-order valence-electron chi connectivity index (χ2n) is 5.92. The zero-order valence-electron chi connectivity index (χ0n) is 12.7. The molecule has 1 unspecified atom stereocenters. The number of likely N-dealkylation sites (N-methyl/N-ethyl adjacent to an activating group) is 1. The van der Waals surface area contributed by atoms with Crippen molar-refractivity contribution in [2.24, 2.45) is 5.73 Å². The molecule has 2 nitrogen and oxygen atoms in total. The number of hydrogen-bond acceptors (Lipinski definition) is 2. The Bertz CT molecular complexity index is 406. The van der Waals surface area contributed by atoms with Gasteiger partial charge < -0.3 is 5.73 Å². The topological polar surface area (TPSA) is 29.3 Å². The second-order valence-corrected chi connectivity index (χ2v) is 7.17. The van der Waals surface area contributed by atoms with Crippen molar-refractivity contribution < 1.29 is 0 Å². The third-order valence-corrected chi connectivity index (χ3v) is 5.64. The summed E-state index contributed by atoms with van der Waals surface area (Å²) in [6.45, 7) is 6.75. The van der Waals surface area contributed by atoms with Gasteiger partial charge in [0.15, 0.2) is 0 Å². The third-order valence-electron chi connectivity index (χ3n) is 4.92. The highest BCUT2D eigenvalue weighted by molar-refractivity contribution is 14.1. The summed E-state index contributed by atoms with van der Waals surface area (Å²) < 4.78 is 1.29. The molecule has 20 heavy (non-hydrogen) atoms. The van der Waals surface area contributed by atoms with Crippen molar-refractivity contribution in [3.63, 3.8) is 0 Å². The third kappa shape index (κ3) is 3.37. The second kappa shape index (κ2) is 7.23. The number of benzene rings is 1. The fourth-order valence-corrected chi connectivity index (χ4v) is 4.19. The molecule has 1 aromatic carbocycles. The maximum atomic E-state index is 6.69. The largest absolute Gasteiger partial charge is 0.326 e. The van der Waals surface area contributed by atoms with E-state index in [0.717, 1.165) is 19.5 Å². The lowest BCUT2D eigenvalue weighted by atomic mass is 9.83. The molecule has 1 fully saturated rings. The highest BCUT2D eigenvalue weighted by Crippen LogP contribution is 2.38. The Kier molecular flexibility index (Phi) is 5.87. The van der Waals surface area contributed by atoms with Gasteiger partial charge in [-0.1, -0.05) is 38.8 Å². The summed E-state index contributed by atoms with van der Waals surface area (Å²) in [4.78, 5) is 2.61. The maximum Gasteiger partial charge on any atom is 0.0363 e. The number of hydrogen-bond donors (Lipinski definition) is 1. The highest BCUT2D eigenvalue weighted by Gasteiger charge is 2.43. The van der Waals surface area contributed by atoms with E-state index in [9.17, 15) is 0 Å². The van der Waals surface area contributed by atoms with Gasteiger partial charge in [-0.05, 0) is 72.6 Å². The Labute approximate surface area is 137 Å². The van der Waals surface area contributed by atoms with Gasteiger partial charge in [0.25, 0.3) is 0 Å². The van der Waals surface area contributed by atoms with Crippen molar-refractivity contribution in [1.29, 1.82) is 0 Å². The summed E-state index contributed by atoms with van der Waals surface area (Å²) in [5, 5.41) is 0. The highest BCUT2D eigenvalue weighted by atomic mass is 127. The van der Waals surface area contributed by atoms with Crippen molar-refractivity contribution >= 4 is 22.6 Å². The van der Waals surface area contributed by atoms with Crippen LogP contribution in [0.5, 0.6) is 0 Å². The molecule has 1 aromatic rings. The molecule has 1 aliphatic rings. The van der Waals surface area contributed by atoms with Crippen LogP contribution in [0.2, 0.25) is 0 Å². The average Bonchev–Trinajstić information content (AvgIpc) is 2.93. The van der Waals surface area contributed by atoms with Crippen LogP contribution in [0.25, 0.3) is 0 Å². The molecule has 0 aromatic heterocycles. The van der Waals surface area contributed by atoms with Gasteiger partial charge in [0, 0.05) is 15.2 Å². The van der Waals surface area contributed by atoms with Crippen molar-refractivity contribution in [3.05, 3.63) is 33.4 Å². The van der Waals surface area contributed by atoms with Gasteiger partial charge in [-0.2, -0.15) is 0 Å². The Morgan fingerprint density at radius 2 is 1.70 bits per heavy atom. The van der Waals surface area contributed by atoms with Crippen LogP contribution in [0.15, 0.2) is 24.3 Å². The summed E-state index contributed by atoms with van der Waals surface area (Å²) >= 11 is 2.35. The number of halogens is 1. The molecule has 2 N–H and O–H groups in total. The molecule has 3 heteroatoms. The van der Waals surface area contributed by atoms with E-state index in [0.29, 0.717) is 0 Å². The minimum Gasteiger partial charge on any atom is -0.326 e. The Morgan fingerprint density at radius 1 is 1.15 bits per heavy atom. The lowest BCUT2D eigenvalue weighted by molar-refractivity contribution is 0.0772. The van der Waals surface area contributed by atoms with Crippen LogP contribution in [0.1, 0.15) is 45.1 Å². The monoisotopic (exact) mass is 386 g/mol. The van der Waals surface area contributed by atoms with Crippen LogP contribution < -0.4 is 5.73 Å². The first-order chi connectivity index (χ1) is 9.62. The van der Waals surface area contributed by atoms with E-state index in [1.54, 1.807) is 0 Å². The van der Waals surface area contributed by atoms with Gasteiger partial charge in [-0.15, -0.1) is 0 Å². The van der Waals surface area contributed by atoms with Crippen LogP contribution in [0.4, 0.5) is 0 Å². The Morgan fingerprint density at radius 3 is 2.20 bits per heavy atom. The van der Waals surface area contributed by atoms with E-state index < -0.39 is 0 Å². The van der Waals surface area contributed by atoms with Gasteiger partial charge >= 0.3 is 0 Å². The van der Waals surface area contributed by atoms with Crippen molar-refractivity contribution in [2.75, 3.05) is 13.1 Å². The van der Waals surface area contributed by atoms with Crippen molar-refractivity contribution in [3.8, 4) is 0 Å². The molecular formula is C17H27IN2. The fraction of sp³-hybridized carbons (Fsp3) is 0.647.